The Kier molecular flexibility index (Phi) is 14.3. The molecule has 0 bridgehead atoms. The second-order valence-corrected chi connectivity index (χ2v) is 8.16. The molecule has 0 aliphatic heterocycles. The smallest absolute Gasteiger partial charge is 0.0346 e. The highest BCUT2D eigenvalue weighted by atomic mass is 35.5. The predicted octanol–water partition coefficient (Wildman–Crippen LogP) is 7.84. The Morgan fingerprint density at radius 1 is 0.760 bits per heavy atom. The molecule has 1 rings (SSSR count). The third kappa shape index (κ3) is 10.9. The number of hydrogen-bond donors (Lipinski definition) is 1. The molecule has 1 atom stereocenters. The number of benzene rings is 1. The molecule has 0 aliphatic rings. The molecule has 0 aromatic heterocycles. The molecule has 25 heavy (non-hydrogen) atoms. The fraction of sp³-hybridized carbons (Fsp3) is 0.739. The van der Waals surface area contributed by atoms with Crippen LogP contribution in [0, 0.1) is 5.41 Å². The van der Waals surface area contributed by atoms with Crippen LogP contribution in [0.1, 0.15) is 109 Å². The first kappa shape index (κ1) is 24.5. The van der Waals surface area contributed by atoms with E-state index in [1.165, 1.54) is 82.6 Å². The molecule has 0 amide bonds. The van der Waals surface area contributed by atoms with E-state index in [1.807, 2.05) is 0 Å². The van der Waals surface area contributed by atoms with Crippen molar-refractivity contribution in [1.29, 1.82) is 0 Å². The van der Waals surface area contributed by atoms with Gasteiger partial charge < -0.3 is 5.73 Å². The highest BCUT2D eigenvalue weighted by Gasteiger charge is 2.26. The van der Waals surface area contributed by atoms with Crippen molar-refractivity contribution in [3.63, 3.8) is 0 Å². The van der Waals surface area contributed by atoms with Gasteiger partial charge in [-0.05, 0) is 17.4 Å². The van der Waals surface area contributed by atoms with Crippen LogP contribution in [0.3, 0.4) is 0 Å². The van der Waals surface area contributed by atoms with E-state index in [-0.39, 0.29) is 23.9 Å². The minimum atomic E-state index is 0. The average Bonchev–Trinajstić information content (AvgIpc) is 2.59. The van der Waals surface area contributed by atoms with E-state index < -0.39 is 0 Å². The maximum absolute atomic E-state index is 6.50. The lowest BCUT2D eigenvalue weighted by atomic mass is 9.77. The summed E-state index contributed by atoms with van der Waals surface area (Å²) in [6.07, 6.45) is 16.7. The van der Waals surface area contributed by atoms with Gasteiger partial charge in [0, 0.05) is 6.04 Å². The van der Waals surface area contributed by atoms with E-state index in [0.717, 1.165) is 0 Å². The summed E-state index contributed by atoms with van der Waals surface area (Å²) in [7, 11) is 0. The Morgan fingerprint density at radius 3 is 1.68 bits per heavy atom. The number of nitrogens with two attached hydrogens (primary N) is 1. The molecule has 1 nitrogen and oxygen atoms in total. The Bertz CT molecular complexity index is 402. The second kappa shape index (κ2) is 14.6. The van der Waals surface area contributed by atoms with Crippen molar-refractivity contribution in [2.45, 2.75) is 104 Å². The van der Waals surface area contributed by atoms with Crippen LogP contribution in [0.4, 0.5) is 0 Å². The molecule has 2 N–H and O–H groups in total. The molecule has 1 unspecified atom stereocenters. The molecular weight excluding hydrogens is 326 g/mol. The molecule has 0 spiro atoms. The number of halogens is 1. The maximum atomic E-state index is 6.50. The first-order valence-electron chi connectivity index (χ1n) is 10.4. The van der Waals surface area contributed by atoms with Crippen LogP contribution in [0.25, 0.3) is 0 Å². The van der Waals surface area contributed by atoms with Gasteiger partial charge in [-0.25, -0.2) is 0 Å². The van der Waals surface area contributed by atoms with Crippen molar-refractivity contribution in [1.82, 2.24) is 0 Å². The largest absolute Gasteiger partial charge is 0.324 e. The number of unbranched alkanes of at least 4 members (excludes halogenated alkanes) is 10. The van der Waals surface area contributed by atoms with Crippen LogP contribution in [-0.2, 0) is 0 Å². The lowest BCUT2D eigenvalue weighted by Gasteiger charge is -2.32. The molecule has 2 heteroatoms. The van der Waals surface area contributed by atoms with Crippen LogP contribution in [0.2, 0.25) is 0 Å². The van der Waals surface area contributed by atoms with Crippen LogP contribution < -0.4 is 5.73 Å². The summed E-state index contributed by atoms with van der Waals surface area (Å²) < 4.78 is 0. The Labute approximate surface area is 163 Å². The summed E-state index contributed by atoms with van der Waals surface area (Å²) in [4.78, 5) is 0. The normalized spacial score (nSPS) is 12.6. The van der Waals surface area contributed by atoms with Crippen molar-refractivity contribution >= 4 is 12.4 Å². The van der Waals surface area contributed by atoms with E-state index in [1.54, 1.807) is 0 Å². The SMILES string of the molecule is CCCCCCCCCCCCCC(C)(C)C(N)c1ccccc1.Cl. The van der Waals surface area contributed by atoms with Crippen molar-refractivity contribution in [3.05, 3.63) is 35.9 Å². The van der Waals surface area contributed by atoms with Gasteiger partial charge >= 0.3 is 0 Å². The van der Waals surface area contributed by atoms with Crippen LogP contribution in [0.5, 0.6) is 0 Å². The van der Waals surface area contributed by atoms with Crippen molar-refractivity contribution in [2.75, 3.05) is 0 Å². The monoisotopic (exact) mass is 367 g/mol. The van der Waals surface area contributed by atoms with Crippen molar-refractivity contribution in [2.24, 2.45) is 11.1 Å². The summed E-state index contributed by atoms with van der Waals surface area (Å²) in [5.41, 5.74) is 7.95. The zero-order chi connectivity index (χ0) is 17.7. The van der Waals surface area contributed by atoms with Gasteiger partial charge in [0.05, 0.1) is 0 Å². The lowest BCUT2D eigenvalue weighted by molar-refractivity contribution is 0.255. The van der Waals surface area contributed by atoms with E-state index in [4.69, 9.17) is 5.73 Å². The first-order valence-corrected chi connectivity index (χ1v) is 10.4. The van der Waals surface area contributed by atoms with Gasteiger partial charge in [0.1, 0.15) is 0 Å². The molecule has 0 fully saturated rings. The summed E-state index contributed by atoms with van der Waals surface area (Å²) >= 11 is 0. The molecule has 146 valence electrons. The standard InChI is InChI=1S/C23H41N.ClH/c1-4-5-6-7-8-9-10-11-12-13-17-20-23(2,3)22(24)21-18-15-14-16-19-21;/h14-16,18-19,22H,4-13,17,20,24H2,1-3H3;1H. The fourth-order valence-electron chi connectivity index (χ4n) is 3.51. The van der Waals surface area contributed by atoms with Gasteiger partial charge in [-0.3, -0.25) is 0 Å². The van der Waals surface area contributed by atoms with Gasteiger partial charge in [-0.15, -0.1) is 12.4 Å². The van der Waals surface area contributed by atoms with Crippen LogP contribution in [0.15, 0.2) is 30.3 Å². The molecule has 1 aromatic rings. The van der Waals surface area contributed by atoms with E-state index in [2.05, 4.69) is 51.1 Å². The van der Waals surface area contributed by atoms with E-state index >= 15 is 0 Å². The van der Waals surface area contributed by atoms with Gasteiger partial charge in [0.2, 0.25) is 0 Å². The average molecular weight is 368 g/mol. The van der Waals surface area contributed by atoms with E-state index in [0.29, 0.717) is 0 Å². The van der Waals surface area contributed by atoms with Crippen molar-refractivity contribution < 1.29 is 0 Å². The zero-order valence-electron chi connectivity index (χ0n) is 16.9. The first-order chi connectivity index (χ1) is 11.6. The van der Waals surface area contributed by atoms with Gasteiger partial charge in [0.25, 0.3) is 0 Å². The molecule has 0 saturated carbocycles. The molecular formula is C23H42ClN. The molecule has 0 saturated heterocycles. The summed E-state index contributed by atoms with van der Waals surface area (Å²) in [5, 5.41) is 0. The number of rotatable bonds is 14. The van der Waals surface area contributed by atoms with Crippen LogP contribution in [-0.4, -0.2) is 0 Å². The lowest BCUT2D eigenvalue weighted by Crippen LogP contribution is -2.29. The van der Waals surface area contributed by atoms with Gasteiger partial charge in [0.15, 0.2) is 0 Å². The quantitative estimate of drug-likeness (QED) is 0.333. The molecule has 1 aromatic carbocycles. The Balaban J connectivity index is 0.00000576. The second-order valence-electron chi connectivity index (χ2n) is 8.16. The minimum absolute atomic E-state index is 0. The number of hydrogen-bond acceptors (Lipinski definition) is 1. The zero-order valence-corrected chi connectivity index (χ0v) is 17.8. The van der Waals surface area contributed by atoms with Gasteiger partial charge in [-0.1, -0.05) is 122 Å². The summed E-state index contributed by atoms with van der Waals surface area (Å²) in [5.74, 6) is 0. The maximum Gasteiger partial charge on any atom is 0.0346 e. The summed E-state index contributed by atoms with van der Waals surface area (Å²) in [6, 6.07) is 10.7. The highest BCUT2D eigenvalue weighted by Crippen LogP contribution is 2.36. The van der Waals surface area contributed by atoms with Crippen LogP contribution >= 0.6 is 12.4 Å². The summed E-state index contributed by atoms with van der Waals surface area (Å²) in [6.45, 7) is 6.93. The third-order valence-electron chi connectivity index (χ3n) is 5.43. The minimum Gasteiger partial charge on any atom is -0.324 e. The highest BCUT2D eigenvalue weighted by molar-refractivity contribution is 5.85. The topological polar surface area (TPSA) is 26.0 Å². The fourth-order valence-corrected chi connectivity index (χ4v) is 3.51. The predicted molar refractivity (Wildman–Crippen MR) is 115 cm³/mol. The van der Waals surface area contributed by atoms with Crippen molar-refractivity contribution in [3.8, 4) is 0 Å². The molecule has 0 aliphatic carbocycles. The Morgan fingerprint density at radius 2 is 1.20 bits per heavy atom. The Hall–Kier alpha value is -0.530. The van der Waals surface area contributed by atoms with E-state index in [9.17, 15) is 0 Å². The third-order valence-corrected chi connectivity index (χ3v) is 5.43. The molecule has 0 radical (unpaired) electrons. The van der Waals surface area contributed by atoms with Gasteiger partial charge in [-0.2, -0.15) is 0 Å². The molecule has 0 heterocycles.